The molecule has 0 atom stereocenters. The average molecular weight is 901 g/mol. The molecule has 14 nitrogen and oxygen atoms in total. The molecule has 4 N–H and O–H groups in total. The predicted molar refractivity (Wildman–Crippen MR) is 216 cm³/mol. The third-order valence-electron chi connectivity index (χ3n) is 8.17. The molecular formula is C40H35ClF6N10O4S. The Morgan fingerprint density at radius 1 is 0.581 bits per heavy atom. The second-order valence-corrected chi connectivity index (χ2v) is 14.2. The van der Waals surface area contributed by atoms with Crippen LogP contribution in [0.4, 0.5) is 26.3 Å². The highest BCUT2D eigenvalue weighted by molar-refractivity contribution is 7.99. The first-order valence-electron chi connectivity index (χ1n) is 18.3. The van der Waals surface area contributed by atoms with Crippen LogP contribution in [0.1, 0.15) is 59.7 Å². The molecule has 6 rings (SSSR count). The summed E-state index contributed by atoms with van der Waals surface area (Å²) in [5.41, 5.74) is -2.40. The molecule has 0 saturated heterocycles. The van der Waals surface area contributed by atoms with Crippen molar-refractivity contribution in [1.82, 2.24) is 50.8 Å². The van der Waals surface area contributed by atoms with Crippen molar-refractivity contribution in [3.8, 4) is 11.4 Å². The van der Waals surface area contributed by atoms with E-state index in [-0.39, 0.29) is 36.9 Å². The van der Waals surface area contributed by atoms with E-state index in [1.165, 1.54) is 24.5 Å². The Hall–Kier alpha value is -6.74. The number of carbonyl (C=O) groups excluding carboxylic acids is 4. The molecule has 0 aliphatic heterocycles. The third-order valence-corrected chi connectivity index (χ3v) is 9.22. The van der Waals surface area contributed by atoms with E-state index in [9.17, 15) is 45.5 Å². The van der Waals surface area contributed by atoms with E-state index >= 15 is 0 Å². The van der Waals surface area contributed by atoms with Gasteiger partial charge in [-0.15, -0.1) is 11.8 Å². The van der Waals surface area contributed by atoms with E-state index in [0.717, 1.165) is 32.5 Å². The SMILES string of the molecule is CCSc1ccc(C(=O)NCCNC(=O)c2cn(-c3ccccc3)nc2C(F)(F)F)cn1.O=C(NCCNC(=O)c1cn(-c2ccccc2)nc1C(F)(F)F)c1ccc(Cl)nc1. The van der Waals surface area contributed by atoms with Gasteiger partial charge in [-0.3, -0.25) is 19.2 Å². The third kappa shape index (κ3) is 12.9. The van der Waals surface area contributed by atoms with Crippen LogP contribution in [0.25, 0.3) is 11.4 Å². The van der Waals surface area contributed by atoms with Crippen molar-refractivity contribution in [2.45, 2.75) is 24.3 Å². The lowest BCUT2D eigenvalue weighted by Gasteiger charge is -2.08. The van der Waals surface area contributed by atoms with E-state index in [4.69, 9.17) is 11.6 Å². The number of nitrogens with one attached hydrogen (secondary N) is 4. The Labute approximate surface area is 358 Å². The molecule has 0 spiro atoms. The van der Waals surface area contributed by atoms with Gasteiger partial charge < -0.3 is 21.3 Å². The lowest BCUT2D eigenvalue weighted by molar-refractivity contribution is -0.142. The number of pyridine rings is 2. The zero-order valence-corrected chi connectivity index (χ0v) is 33.9. The molecule has 4 amide bonds. The largest absolute Gasteiger partial charge is 0.435 e. The summed E-state index contributed by atoms with van der Waals surface area (Å²) in [6.07, 6.45) is -4.82. The zero-order chi connectivity index (χ0) is 44.9. The number of hydrogen-bond acceptors (Lipinski definition) is 9. The fourth-order valence-electron chi connectivity index (χ4n) is 5.28. The highest BCUT2D eigenvalue weighted by Crippen LogP contribution is 2.32. The van der Waals surface area contributed by atoms with Crippen LogP contribution in [0.2, 0.25) is 5.15 Å². The maximum Gasteiger partial charge on any atom is 0.435 e. The van der Waals surface area contributed by atoms with Crippen LogP contribution in [0.5, 0.6) is 0 Å². The van der Waals surface area contributed by atoms with Crippen molar-refractivity contribution >= 4 is 47.0 Å². The van der Waals surface area contributed by atoms with Gasteiger partial charge in [0.05, 0.1) is 38.7 Å². The summed E-state index contributed by atoms with van der Waals surface area (Å²) < 4.78 is 82.1. The molecule has 22 heteroatoms. The summed E-state index contributed by atoms with van der Waals surface area (Å²) in [6.45, 7) is 1.88. The summed E-state index contributed by atoms with van der Waals surface area (Å²) in [6, 6.07) is 22.6. The van der Waals surface area contributed by atoms with Gasteiger partial charge >= 0.3 is 12.4 Å². The number of thioether (sulfide) groups is 1. The van der Waals surface area contributed by atoms with E-state index in [0.29, 0.717) is 16.9 Å². The van der Waals surface area contributed by atoms with Crippen LogP contribution in [0.15, 0.2) is 115 Å². The number of carbonyl (C=O) groups is 4. The van der Waals surface area contributed by atoms with E-state index in [2.05, 4.69) is 41.4 Å². The van der Waals surface area contributed by atoms with E-state index < -0.39 is 58.5 Å². The quantitative estimate of drug-likeness (QED) is 0.0403. The van der Waals surface area contributed by atoms with Gasteiger partial charge in [-0.25, -0.2) is 19.3 Å². The van der Waals surface area contributed by atoms with Crippen molar-refractivity contribution in [1.29, 1.82) is 0 Å². The molecule has 4 heterocycles. The standard InChI is InChI=1S/C21H20F3N5O2S.C19H15ClF3N5O2/c1-2-32-17-9-8-14(12-27-17)19(30)25-10-11-26-20(31)16-13-29(15-6-4-3-5-7-15)28-18(16)21(22,23)24;20-15-7-6-12(10-26-15)17(29)24-8-9-25-18(30)14-11-28(13-4-2-1-3-5-13)27-16(14)19(21,22)23/h3-9,12-13H,2,10-11H2,1H3,(H,25,30)(H,26,31);1-7,10-11H,8-9H2,(H,24,29)(H,25,30). The molecule has 62 heavy (non-hydrogen) atoms. The number of aromatic nitrogens is 6. The maximum atomic E-state index is 13.4. The molecule has 0 fully saturated rings. The lowest BCUT2D eigenvalue weighted by atomic mass is 10.2. The number of nitrogens with zero attached hydrogens (tertiary/aromatic N) is 6. The minimum absolute atomic E-state index is 0.00136. The predicted octanol–water partition coefficient (Wildman–Crippen LogP) is 6.66. The summed E-state index contributed by atoms with van der Waals surface area (Å²) in [4.78, 5) is 56.7. The molecule has 2 aromatic carbocycles. The van der Waals surface area contributed by atoms with Crippen molar-refractivity contribution in [2.24, 2.45) is 0 Å². The molecule has 0 aliphatic carbocycles. The van der Waals surface area contributed by atoms with Crippen molar-refractivity contribution in [3.05, 3.63) is 149 Å². The van der Waals surface area contributed by atoms with Crippen LogP contribution in [0, 0.1) is 0 Å². The van der Waals surface area contributed by atoms with Gasteiger partial charge in [-0.1, -0.05) is 54.9 Å². The lowest BCUT2D eigenvalue weighted by Crippen LogP contribution is -2.35. The van der Waals surface area contributed by atoms with Gasteiger partial charge in [-0.05, 0) is 54.3 Å². The Morgan fingerprint density at radius 3 is 1.34 bits per heavy atom. The van der Waals surface area contributed by atoms with Crippen LogP contribution in [-0.4, -0.2) is 85.1 Å². The Balaban J connectivity index is 0.000000235. The highest BCUT2D eigenvalue weighted by Gasteiger charge is 2.40. The fraction of sp³-hybridized carbons (Fsp3) is 0.200. The summed E-state index contributed by atoms with van der Waals surface area (Å²) in [5, 5.41) is 17.9. The smallest absolute Gasteiger partial charge is 0.350 e. The number of para-hydroxylation sites is 2. The topological polar surface area (TPSA) is 178 Å². The van der Waals surface area contributed by atoms with Crippen molar-refractivity contribution in [2.75, 3.05) is 31.9 Å². The van der Waals surface area contributed by atoms with Crippen molar-refractivity contribution in [3.63, 3.8) is 0 Å². The van der Waals surface area contributed by atoms with Gasteiger partial charge in [0.1, 0.15) is 5.15 Å². The fourth-order valence-corrected chi connectivity index (χ4v) is 5.98. The molecule has 6 aromatic rings. The van der Waals surface area contributed by atoms with Gasteiger partial charge in [0.25, 0.3) is 23.6 Å². The zero-order valence-electron chi connectivity index (χ0n) is 32.3. The molecule has 324 valence electrons. The first-order valence-corrected chi connectivity index (χ1v) is 19.7. The minimum atomic E-state index is -4.80. The number of hydrogen-bond donors (Lipinski definition) is 4. The normalized spacial score (nSPS) is 11.2. The summed E-state index contributed by atoms with van der Waals surface area (Å²) >= 11 is 7.19. The molecule has 4 aromatic heterocycles. The maximum absolute atomic E-state index is 13.4. The van der Waals surface area contributed by atoms with Crippen molar-refractivity contribution < 1.29 is 45.5 Å². The Bertz CT molecular complexity index is 2450. The number of rotatable bonds is 14. The Kier molecular flexibility index (Phi) is 15.8. The van der Waals surface area contributed by atoms with Crippen LogP contribution < -0.4 is 21.3 Å². The number of halogens is 7. The molecule has 0 bridgehead atoms. The van der Waals surface area contributed by atoms with Gasteiger partial charge in [0.15, 0.2) is 11.4 Å². The van der Waals surface area contributed by atoms with Crippen LogP contribution >= 0.6 is 23.4 Å². The van der Waals surface area contributed by atoms with Gasteiger partial charge in [0, 0.05) is 51.0 Å². The van der Waals surface area contributed by atoms with Gasteiger partial charge in [0.2, 0.25) is 0 Å². The number of benzene rings is 2. The summed E-state index contributed by atoms with van der Waals surface area (Å²) in [5.74, 6) is -1.88. The Morgan fingerprint density at radius 2 is 0.984 bits per heavy atom. The average Bonchev–Trinajstić information content (AvgIpc) is 3.93. The number of alkyl halides is 6. The summed E-state index contributed by atoms with van der Waals surface area (Å²) in [7, 11) is 0. The van der Waals surface area contributed by atoms with Crippen LogP contribution in [-0.2, 0) is 12.4 Å². The minimum Gasteiger partial charge on any atom is -0.350 e. The molecule has 0 saturated carbocycles. The molecule has 0 unspecified atom stereocenters. The number of amides is 4. The monoisotopic (exact) mass is 900 g/mol. The molecular weight excluding hydrogens is 866 g/mol. The first-order chi connectivity index (χ1) is 29.5. The molecule has 0 aliphatic rings. The molecule has 0 radical (unpaired) electrons. The first kappa shape index (κ1) is 46.3. The highest BCUT2D eigenvalue weighted by atomic mass is 35.5. The van der Waals surface area contributed by atoms with E-state index in [1.807, 2.05) is 6.92 Å². The second-order valence-electron chi connectivity index (χ2n) is 12.5. The van der Waals surface area contributed by atoms with Gasteiger partial charge in [-0.2, -0.15) is 36.5 Å². The van der Waals surface area contributed by atoms with E-state index in [1.54, 1.807) is 84.6 Å². The second kappa shape index (κ2) is 21.2. The van der Waals surface area contributed by atoms with Crippen LogP contribution in [0.3, 0.4) is 0 Å².